The maximum atomic E-state index is 3.89. The molecule has 0 amide bonds. The third kappa shape index (κ3) is 50.3. The predicted octanol–water partition coefficient (Wildman–Crippen LogP) is 0.944. The van der Waals surface area contributed by atoms with E-state index in [0.717, 1.165) is 0 Å². The molecule has 32 valence electrons. The van der Waals surface area contributed by atoms with Gasteiger partial charge in [0.05, 0.1) is 0 Å². The SMILES string of the molecule is C=[S](C)(C)=[W]. The van der Waals surface area contributed by atoms with E-state index in [0.29, 0.717) is 0 Å². The molecule has 0 rings (SSSR count). The van der Waals surface area contributed by atoms with E-state index in [1.165, 1.54) is 0 Å². The first-order chi connectivity index (χ1) is 2.00. The molecule has 5 heavy (non-hydrogen) atoms. The van der Waals surface area contributed by atoms with Crippen molar-refractivity contribution >= 4 is 12.7 Å². The molecule has 0 aliphatic heterocycles. The fourth-order valence-electron chi connectivity index (χ4n) is 0. The molecule has 0 saturated heterocycles. The van der Waals surface area contributed by atoms with Crippen molar-refractivity contribution in [3.63, 3.8) is 0 Å². The first kappa shape index (κ1) is 5.91. The monoisotopic (exact) mass is 260 g/mol. The summed E-state index contributed by atoms with van der Waals surface area (Å²) in [6.07, 6.45) is 4.39. The molecule has 0 aromatic rings. The zero-order chi connectivity index (χ0) is 4.50. The van der Waals surface area contributed by atoms with Crippen LogP contribution in [-0.2, 0) is 18.0 Å². The summed E-state index contributed by atoms with van der Waals surface area (Å²) in [4.78, 5) is 0. The van der Waals surface area contributed by atoms with Crippen molar-refractivity contribution in [2.45, 2.75) is 0 Å². The van der Waals surface area contributed by atoms with E-state index in [9.17, 15) is 0 Å². The van der Waals surface area contributed by atoms with Crippen LogP contribution in [0.3, 0.4) is 0 Å². The van der Waals surface area contributed by atoms with E-state index in [4.69, 9.17) is 0 Å². The van der Waals surface area contributed by atoms with Crippen molar-refractivity contribution in [1.29, 1.82) is 0 Å². The minimum atomic E-state index is -0.333. The fourth-order valence-corrected chi connectivity index (χ4v) is 0. The fraction of sp³-hybridized carbons (Fsp3) is 0.667. The Kier molecular flexibility index (Phi) is 1.86. The average molecular weight is 260 g/mol. The zero-order valence-electron chi connectivity index (χ0n) is 3.52. The Bertz CT molecular complexity index is 90.1. The zero-order valence-corrected chi connectivity index (χ0v) is 7.27. The first-order valence-corrected chi connectivity index (χ1v) is 7.41. The van der Waals surface area contributed by atoms with Crippen molar-refractivity contribution in [3.05, 3.63) is 0 Å². The molecule has 0 spiro atoms. The standard InChI is InChI=1S/C3H8S.W/c1-4(2)3;/h1H2,2-3H3;. The Morgan fingerprint density at radius 3 is 1.60 bits per heavy atom. The summed E-state index contributed by atoms with van der Waals surface area (Å²) >= 11 is 1.63. The Labute approximate surface area is 43.4 Å². The van der Waals surface area contributed by atoms with Crippen LogP contribution < -0.4 is 0 Å². The molecule has 0 N–H and O–H groups in total. The van der Waals surface area contributed by atoms with Gasteiger partial charge in [0.25, 0.3) is 0 Å². The third-order valence-corrected chi connectivity index (χ3v) is 0. The van der Waals surface area contributed by atoms with Crippen LogP contribution in [0.25, 0.3) is 0 Å². The molecular formula is C3H8SW. The quantitative estimate of drug-likeness (QED) is 0.569. The van der Waals surface area contributed by atoms with Gasteiger partial charge in [-0.05, 0) is 0 Å². The van der Waals surface area contributed by atoms with Crippen LogP contribution >= 0.6 is 6.81 Å². The summed E-state index contributed by atoms with van der Waals surface area (Å²) in [6, 6.07) is 0. The first-order valence-electron chi connectivity index (χ1n) is 1.27. The summed E-state index contributed by atoms with van der Waals surface area (Å²) in [7, 11) is 0. The van der Waals surface area contributed by atoms with E-state index in [1.54, 1.807) is 18.0 Å². The van der Waals surface area contributed by atoms with Crippen LogP contribution in [0.2, 0.25) is 0 Å². The van der Waals surface area contributed by atoms with Gasteiger partial charge < -0.3 is 0 Å². The van der Waals surface area contributed by atoms with Crippen LogP contribution in [0.15, 0.2) is 0 Å². The molecule has 0 nitrogen and oxygen atoms in total. The second kappa shape index (κ2) is 1.57. The van der Waals surface area contributed by atoms with Crippen molar-refractivity contribution in [2.24, 2.45) is 0 Å². The van der Waals surface area contributed by atoms with Gasteiger partial charge in [-0.2, -0.15) is 0 Å². The van der Waals surface area contributed by atoms with Gasteiger partial charge in [0, 0.05) is 0 Å². The van der Waals surface area contributed by atoms with E-state index >= 15 is 0 Å². The maximum absolute atomic E-state index is 3.89. The van der Waals surface area contributed by atoms with Gasteiger partial charge >= 0.3 is 43.2 Å². The second-order valence-corrected chi connectivity index (χ2v) is 14.0. The van der Waals surface area contributed by atoms with Gasteiger partial charge in [-0.25, -0.2) is 0 Å². The summed E-state index contributed by atoms with van der Waals surface area (Å²) < 4.78 is 0. The summed E-state index contributed by atoms with van der Waals surface area (Å²) in [6.45, 7) is -0.333. The van der Waals surface area contributed by atoms with E-state index in [-0.39, 0.29) is 6.81 Å². The molecule has 2 heteroatoms. The van der Waals surface area contributed by atoms with Crippen molar-refractivity contribution in [2.75, 3.05) is 12.5 Å². The Morgan fingerprint density at radius 2 is 1.60 bits per heavy atom. The summed E-state index contributed by atoms with van der Waals surface area (Å²) in [5, 5.41) is 0. The van der Waals surface area contributed by atoms with Crippen LogP contribution in [0, 0.1) is 0 Å². The van der Waals surface area contributed by atoms with Crippen LogP contribution in [0.1, 0.15) is 0 Å². The predicted molar refractivity (Wildman–Crippen MR) is 26.6 cm³/mol. The van der Waals surface area contributed by atoms with Crippen LogP contribution in [-0.4, -0.2) is 18.4 Å². The van der Waals surface area contributed by atoms with Gasteiger partial charge in [-0.3, -0.25) is 0 Å². The summed E-state index contributed by atoms with van der Waals surface area (Å²) in [5.41, 5.74) is 0. The van der Waals surface area contributed by atoms with Gasteiger partial charge in [-0.1, -0.05) is 0 Å². The summed E-state index contributed by atoms with van der Waals surface area (Å²) in [5.74, 6) is 3.89. The molecular weight excluding hydrogens is 252 g/mol. The van der Waals surface area contributed by atoms with E-state index in [1.807, 2.05) is 0 Å². The number of rotatable bonds is 0. The molecule has 0 bridgehead atoms. The van der Waals surface area contributed by atoms with E-state index < -0.39 is 0 Å². The molecule has 0 heterocycles. The van der Waals surface area contributed by atoms with E-state index in [2.05, 4.69) is 18.4 Å². The van der Waals surface area contributed by atoms with Crippen LogP contribution in [0.5, 0.6) is 0 Å². The second-order valence-electron chi connectivity index (χ2n) is 1.44. The van der Waals surface area contributed by atoms with Crippen LogP contribution in [0.4, 0.5) is 0 Å². The average Bonchev–Trinajstić information content (AvgIpc) is 0.722. The molecule has 0 aromatic carbocycles. The van der Waals surface area contributed by atoms with Gasteiger partial charge in [0.1, 0.15) is 0 Å². The van der Waals surface area contributed by atoms with Crippen molar-refractivity contribution in [3.8, 4) is 0 Å². The Balaban J connectivity index is 4.06. The van der Waals surface area contributed by atoms with Gasteiger partial charge in [0.2, 0.25) is 0 Å². The molecule has 0 fully saturated rings. The Morgan fingerprint density at radius 1 is 1.60 bits per heavy atom. The van der Waals surface area contributed by atoms with Crippen molar-refractivity contribution in [1.82, 2.24) is 0 Å². The topological polar surface area (TPSA) is 0 Å². The van der Waals surface area contributed by atoms with Crippen molar-refractivity contribution < 1.29 is 18.0 Å². The van der Waals surface area contributed by atoms with Gasteiger partial charge in [0.15, 0.2) is 0 Å². The Hall–Kier alpha value is 0.908. The third-order valence-electron chi connectivity index (χ3n) is 0. The molecule has 0 atom stereocenters. The molecule has 0 aliphatic carbocycles. The number of hydrogen-bond acceptors (Lipinski definition) is 0. The molecule has 0 aromatic heterocycles. The molecule has 0 saturated carbocycles. The minimum absolute atomic E-state index is 0.333. The van der Waals surface area contributed by atoms with Gasteiger partial charge in [-0.15, -0.1) is 0 Å². The molecule has 0 radical (unpaired) electrons. The molecule has 0 unspecified atom stereocenters. The molecule has 0 aliphatic rings. The normalized spacial score (nSPS) is 11.6. The number of hydrogen-bond donors (Lipinski definition) is 0.